The fourth-order valence-electron chi connectivity index (χ4n) is 2.59. The minimum Gasteiger partial charge on any atom is -0.335 e. The molecule has 2 aromatic rings. The summed E-state index contributed by atoms with van der Waals surface area (Å²) in [5.74, 6) is -0.835. The number of benzene rings is 2. The van der Waals surface area contributed by atoms with Crippen molar-refractivity contribution >= 4 is 15.9 Å². The molecule has 26 heavy (non-hydrogen) atoms. The van der Waals surface area contributed by atoms with Gasteiger partial charge in [-0.2, -0.15) is 0 Å². The third-order valence-corrected chi connectivity index (χ3v) is 5.54. The predicted octanol–water partition coefficient (Wildman–Crippen LogP) is 2.85. The number of rotatable bonds is 7. The monoisotopic (exact) mass is 378 g/mol. The zero-order valence-electron chi connectivity index (χ0n) is 15.1. The van der Waals surface area contributed by atoms with Gasteiger partial charge in [-0.15, -0.1) is 0 Å². The Morgan fingerprint density at radius 2 is 1.81 bits per heavy atom. The summed E-state index contributed by atoms with van der Waals surface area (Å²) >= 11 is 0. The Morgan fingerprint density at radius 1 is 1.15 bits per heavy atom. The van der Waals surface area contributed by atoms with Gasteiger partial charge in [-0.3, -0.25) is 4.79 Å². The van der Waals surface area contributed by atoms with E-state index in [0.717, 1.165) is 17.7 Å². The van der Waals surface area contributed by atoms with Gasteiger partial charge in [0.15, 0.2) is 0 Å². The molecular formula is C19H23FN2O3S. The van der Waals surface area contributed by atoms with Gasteiger partial charge >= 0.3 is 0 Å². The molecule has 0 aromatic heterocycles. The maximum Gasteiger partial charge on any atom is 0.241 e. The molecule has 0 heterocycles. The van der Waals surface area contributed by atoms with Crippen molar-refractivity contribution in [1.29, 1.82) is 0 Å². The molecule has 0 saturated carbocycles. The number of carbonyl (C=O) groups is 1. The van der Waals surface area contributed by atoms with Crippen LogP contribution in [-0.4, -0.2) is 31.8 Å². The number of carbonyl (C=O) groups excluding carboxylic acids is 1. The van der Waals surface area contributed by atoms with Crippen molar-refractivity contribution in [3.8, 4) is 0 Å². The summed E-state index contributed by atoms with van der Waals surface area (Å²) in [6, 6.07) is 12.8. The molecule has 0 spiro atoms. The first-order chi connectivity index (χ1) is 12.2. The smallest absolute Gasteiger partial charge is 0.241 e. The summed E-state index contributed by atoms with van der Waals surface area (Å²) < 4.78 is 40.3. The molecule has 2 rings (SSSR count). The summed E-state index contributed by atoms with van der Waals surface area (Å²) in [5.41, 5.74) is 1.25. The van der Waals surface area contributed by atoms with Crippen LogP contribution in [0.4, 0.5) is 4.39 Å². The fourth-order valence-corrected chi connectivity index (χ4v) is 3.79. The highest BCUT2D eigenvalue weighted by atomic mass is 32.2. The number of nitrogens with zero attached hydrogens (tertiary/aromatic N) is 1. The minimum atomic E-state index is -3.90. The third kappa shape index (κ3) is 5.12. The Labute approximate surface area is 153 Å². The second-order valence-corrected chi connectivity index (χ2v) is 8.07. The third-order valence-electron chi connectivity index (χ3n) is 3.98. The second kappa shape index (κ2) is 8.42. The lowest BCUT2D eigenvalue weighted by atomic mass is 10.2. The Hall–Kier alpha value is -2.25. The topological polar surface area (TPSA) is 66.5 Å². The van der Waals surface area contributed by atoms with E-state index in [1.54, 1.807) is 4.90 Å². The van der Waals surface area contributed by atoms with Crippen LogP contribution in [0.15, 0.2) is 53.4 Å². The number of hydrogen-bond donors (Lipinski definition) is 1. The number of hydrogen-bond acceptors (Lipinski definition) is 3. The largest absolute Gasteiger partial charge is 0.335 e. The molecule has 0 unspecified atom stereocenters. The molecule has 0 bridgehead atoms. The summed E-state index contributed by atoms with van der Waals surface area (Å²) in [6.07, 6.45) is 0. The number of amides is 1. The lowest BCUT2D eigenvalue weighted by Gasteiger charge is -2.27. The first-order valence-electron chi connectivity index (χ1n) is 8.30. The minimum absolute atomic E-state index is 0.0362. The van der Waals surface area contributed by atoms with E-state index >= 15 is 0 Å². The van der Waals surface area contributed by atoms with E-state index in [0.29, 0.717) is 6.54 Å². The van der Waals surface area contributed by atoms with E-state index in [1.165, 1.54) is 13.0 Å². The molecule has 0 fully saturated rings. The van der Waals surface area contributed by atoms with Crippen molar-refractivity contribution in [3.63, 3.8) is 0 Å². The van der Waals surface area contributed by atoms with Crippen LogP contribution in [0.3, 0.4) is 0 Å². The Bertz CT molecular complexity index is 868. The molecule has 140 valence electrons. The van der Waals surface area contributed by atoms with Crippen LogP contribution in [0.2, 0.25) is 0 Å². The van der Waals surface area contributed by atoms with Gasteiger partial charge in [0.2, 0.25) is 15.9 Å². The molecule has 0 aliphatic carbocycles. The van der Waals surface area contributed by atoms with E-state index in [9.17, 15) is 17.6 Å². The zero-order valence-corrected chi connectivity index (χ0v) is 15.9. The summed E-state index contributed by atoms with van der Waals surface area (Å²) in [7, 11) is -3.90. The molecule has 7 heteroatoms. The molecular weight excluding hydrogens is 355 g/mol. The number of aryl methyl sites for hydroxylation is 1. The molecule has 0 aliphatic heterocycles. The summed E-state index contributed by atoms with van der Waals surface area (Å²) in [5, 5.41) is 0. The van der Waals surface area contributed by atoms with Gasteiger partial charge in [0, 0.05) is 12.6 Å². The average molecular weight is 378 g/mol. The van der Waals surface area contributed by atoms with E-state index in [4.69, 9.17) is 0 Å². The molecule has 0 aliphatic rings. The second-order valence-electron chi connectivity index (χ2n) is 6.34. The van der Waals surface area contributed by atoms with Crippen LogP contribution in [0.5, 0.6) is 0 Å². The zero-order chi connectivity index (χ0) is 19.3. The number of halogens is 1. The maximum absolute atomic E-state index is 13.2. The van der Waals surface area contributed by atoms with Crippen LogP contribution in [0.1, 0.15) is 25.0 Å². The van der Waals surface area contributed by atoms with Crippen LogP contribution in [0, 0.1) is 12.7 Å². The van der Waals surface area contributed by atoms with Gasteiger partial charge in [-0.05, 0) is 50.1 Å². The number of sulfonamides is 1. The Morgan fingerprint density at radius 3 is 2.38 bits per heavy atom. The van der Waals surface area contributed by atoms with Crippen molar-refractivity contribution in [2.75, 3.05) is 6.54 Å². The van der Waals surface area contributed by atoms with Gasteiger partial charge in [0.05, 0.1) is 11.4 Å². The molecule has 0 saturated heterocycles. The van der Waals surface area contributed by atoms with Crippen LogP contribution in [0.25, 0.3) is 0 Å². The van der Waals surface area contributed by atoms with E-state index in [-0.39, 0.29) is 29.0 Å². The predicted molar refractivity (Wildman–Crippen MR) is 98.5 cm³/mol. The van der Waals surface area contributed by atoms with Crippen molar-refractivity contribution < 1.29 is 17.6 Å². The van der Waals surface area contributed by atoms with Crippen LogP contribution >= 0.6 is 0 Å². The first-order valence-corrected chi connectivity index (χ1v) is 9.78. The maximum atomic E-state index is 13.2. The Kier molecular flexibility index (Phi) is 6.50. The highest BCUT2D eigenvalue weighted by Gasteiger charge is 2.22. The summed E-state index contributed by atoms with van der Waals surface area (Å²) in [4.78, 5) is 14.1. The lowest BCUT2D eigenvalue weighted by molar-refractivity contribution is -0.132. The quantitative estimate of drug-likeness (QED) is 0.806. The Balaban J connectivity index is 2.09. The summed E-state index contributed by atoms with van der Waals surface area (Å²) in [6.45, 7) is 5.30. The van der Waals surface area contributed by atoms with Gasteiger partial charge in [-0.25, -0.2) is 17.5 Å². The standard InChI is InChI=1S/C19H23FN2O3S/c1-14(2)22(13-16-7-5-4-6-8-16)19(23)12-21-26(24,25)18-10-9-17(20)11-15(18)3/h4-11,14,21H,12-13H2,1-3H3. The van der Waals surface area contributed by atoms with E-state index in [2.05, 4.69) is 4.72 Å². The highest BCUT2D eigenvalue weighted by molar-refractivity contribution is 7.89. The molecule has 1 N–H and O–H groups in total. The van der Waals surface area contributed by atoms with Crippen molar-refractivity contribution in [1.82, 2.24) is 9.62 Å². The lowest BCUT2D eigenvalue weighted by Crippen LogP contribution is -2.43. The van der Waals surface area contributed by atoms with Gasteiger partial charge in [0.25, 0.3) is 0 Å². The molecule has 0 atom stereocenters. The number of nitrogens with one attached hydrogen (secondary N) is 1. The molecule has 0 radical (unpaired) electrons. The van der Waals surface area contributed by atoms with Crippen LogP contribution in [-0.2, 0) is 21.4 Å². The normalized spacial score (nSPS) is 11.6. The van der Waals surface area contributed by atoms with E-state index in [1.807, 2.05) is 44.2 Å². The van der Waals surface area contributed by atoms with Gasteiger partial charge < -0.3 is 4.90 Å². The van der Waals surface area contributed by atoms with E-state index < -0.39 is 15.8 Å². The molecule has 2 aromatic carbocycles. The average Bonchev–Trinajstić information content (AvgIpc) is 2.58. The first kappa shape index (κ1) is 20.1. The SMILES string of the molecule is Cc1cc(F)ccc1S(=O)(=O)NCC(=O)N(Cc1ccccc1)C(C)C. The molecule has 1 amide bonds. The van der Waals surface area contributed by atoms with Crippen molar-refractivity contribution in [3.05, 3.63) is 65.5 Å². The van der Waals surface area contributed by atoms with Crippen molar-refractivity contribution in [2.24, 2.45) is 0 Å². The van der Waals surface area contributed by atoms with Gasteiger partial charge in [-0.1, -0.05) is 30.3 Å². The fraction of sp³-hybridized carbons (Fsp3) is 0.316. The highest BCUT2D eigenvalue weighted by Crippen LogP contribution is 2.16. The van der Waals surface area contributed by atoms with Gasteiger partial charge in [0.1, 0.15) is 5.82 Å². The van der Waals surface area contributed by atoms with Crippen molar-refractivity contribution in [2.45, 2.75) is 38.3 Å². The van der Waals surface area contributed by atoms with Crippen LogP contribution < -0.4 is 4.72 Å². The molecule has 5 nitrogen and oxygen atoms in total.